The van der Waals surface area contributed by atoms with Crippen LogP contribution in [0.25, 0.3) is 0 Å². The fourth-order valence-corrected chi connectivity index (χ4v) is 8.01. The number of aliphatic hydroxyl groups excluding tert-OH is 1. The molecule has 3 aliphatic heterocycles. The molecule has 2 bridgehead atoms. The van der Waals surface area contributed by atoms with Crippen molar-refractivity contribution >= 4 is 39.6 Å². The van der Waals surface area contributed by atoms with Crippen molar-refractivity contribution < 1.29 is 33.8 Å². The Kier molecular flexibility index (Phi) is 10.8. The molecule has 1 spiro atoms. The lowest BCUT2D eigenvalue weighted by Crippen LogP contribution is -2.57. The second-order valence-electron chi connectivity index (χ2n) is 11.9. The maximum Gasteiger partial charge on any atom is 0.306 e. The lowest BCUT2D eigenvalue weighted by Gasteiger charge is -2.37. The zero-order valence-electron chi connectivity index (χ0n) is 25.6. The number of aliphatic hydroxyl groups is 1. The number of nitrogens with one attached hydrogen (secondary N) is 1. The maximum absolute atomic E-state index is 14.4. The van der Waals surface area contributed by atoms with Gasteiger partial charge in [0.1, 0.15) is 18.2 Å². The van der Waals surface area contributed by atoms with Gasteiger partial charge in [0.05, 0.1) is 30.6 Å². The number of nitrogens with zero attached hydrogens (tertiary/aromatic N) is 2. The van der Waals surface area contributed by atoms with E-state index < -0.39 is 53.4 Å². The number of benzene rings is 2. The fraction of sp³-hybridized carbons (Fsp3) is 0.429. The molecule has 244 valence electrons. The summed E-state index contributed by atoms with van der Waals surface area (Å²) in [6.07, 6.45) is 3.58. The molecule has 0 aliphatic carbocycles. The highest BCUT2D eigenvalue weighted by Crippen LogP contribution is 2.60. The molecule has 3 saturated heterocycles. The SMILES string of the molecule is C=CCCC(=O)OC[C@@H](NC(=O)[C@@H]1[C@H]2O[C@@]3(CC2Br)[C@H](C(=O)N(CC=C)Cc2ccccc2)N(CCO)C(=O)[C@@H]13)c1ccccc1. The zero-order valence-corrected chi connectivity index (χ0v) is 27.2. The van der Waals surface area contributed by atoms with E-state index in [1.165, 1.54) is 4.90 Å². The van der Waals surface area contributed by atoms with Crippen molar-refractivity contribution in [3.63, 3.8) is 0 Å². The van der Waals surface area contributed by atoms with Crippen LogP contribution in [0.5, 0.6) is 0 Å². The van der Waals surface area contributed by atoms with Gasteiger partial charge in [-0.15, -0.1) is 13.2 Å². The van der Waals surface area contributed by atoms with Gasteiger partial charge in [-0.1, -0.05) is 88.7 Å². The number of halogens is 1. The molecule has 0 radical (unpaired) electrons. The molecular weight excluding hydrogens is 654 g/mol. The summed E-state index contributed by atoms with van der Waals surface area (Å²) < 4.78 is 12.1. The molecule has 7 atom stereocenters. The van der Waals surface area contributed by atoms with Crippen LogP contribution in [-0.4, -0.2) is 87.5 Å². The van der Waals surface area contributed by atoms with Crippen molar-refractivity contribution in [2.75, 3.05) is 26.3 Å². The van der Waals surface area contributed by atoms with Crippen molar-refractivity contribution in [1.29, 1.82) is 0 Å². The van der Waals surface area contributed by atoms with Crippen molar-refractivity contribution in [3.05, 3.63) is 97.1 Å². The van der Waals surface area contributed by atoms with Crippen LogP contribution in [-0.2, 0) is 35.2 Å². The van der Waals surface area contributed by atoms with E-state index in [0.717, 1.165) is 11.1 Å². The van der Waals surface area contributed by atoms with Gasteiger partial charge in [0.25, 0.3) is 0 Å². The Morgan fingerprint density at radius 1 is 1.13 bits per heavy atom. The summed E-state index contributed by atoms with van der Waals surface area (Å²) in [6.45, 7) is 7.46. The minimum atomic E-state index is -1.28. The van der Waals surface area contributed by atoms with Crippen LogP contribution >= 0.6 is 15.9 Å². The predicted molar refractivity (Wildman–Crippen MR) is 174 cm³/mol. The van der Waals surface area contributed by atoms with Gasteiger partial charge in [-0.2, -0.15) is 0 Å². The molecule has 0 saturated carbocycles. The second-order valence-corrected chi connectivity index (χ2v) is 13.1. The van der Waals surface area contributed by atoms with Gasteiger partial charge in [0.2, 0.25) is 17.7 Å². The first kappa shape index (κ1) is 33.6. The number of hydrogen-bond donors (Lipinski definition) is 2. The number of alkyl halides is 1. The number of ether oxygens (including phenoxy) is 2. The summed E-state index contributed by atoms with van der Waals surface area (Å²) in [4.78, 5) is 57.8. The predicted octanol–water partition coefficient (Wildman–Crippen LogP) is 3.31. The zero-order chi connectivity index (χ0) is 32.8. The molecule has 3 aliphatic rings. The van der Waals surface area contributed by atoms with Gasteiger partial charge in [-0.05, 0) is 24.0 Å². The van der Waals surface area contributed by atoms with Crippen LogP contribution in [0.15, 0.2) is 86.0 Å². The maximum atomic E-state index is 14.4. The highest BCUT2D eigenvalue weighted by Gasteiger charge is 2.76. The molecular formula is C35H40BrN3O7. The molecule has 3 fully saturated rings. The molecule has 2 N–H and O–H groups in total. The van der Waals surface area contributed by atoms with E-state index in [-0.39, 0.29) is 43.5 Å². The van der Waals surface area contributed by atoms with Gasteiger partial charge >= 0.3 is 5.97 Å². The molecule has 3 heterocycles. The van der Waals surface area contributed by atoms with Gasteiger partial charge in [0.15, 0.2) is 0 Å². The molecule has 3 amide bonds. The van der Waals surface area contributed by atoms with E-state index in [1.807, 2.05) is 60.7 Å². The van der Waals surface area contributed by atoms with E-state index >= 15 is 0 Å². The first-order valence-corrected chi connectivity index (χ1v) is 16.5. The minimum Gasteiger partial charge on any atom is -0.463 e. The number of allylic oxidation sites excluding steroid dienone is 1. The molecule has 2 aromatic carbocycles. The Bertz CT molecular complexity index is 1440. The number of esters is 1. The van der Waals surface area contributed by atoms with Crippen LogP contribution in [0.4, 0.5) is 0 Å². The summed E-state index contributed by atoms with van der Waals surface area (Å²) in [5.41, 5.74) is 0.365. The van der Waals surface area contributed by atoms with E-state index in [9.17, 15) is 24.3 Å². The number of β-amino-alcohol motifs (C(OH)–C–C–N with tert-alkyl or cyclic N) is 1. The lowest BCUT2D eigenvalue weighted by atomic mass is 9.70. The number of amides is 3. The smallest absolute Gasteiger partial charge is 0.306 e. The second kappa shape index (κ2) is 14.7. The summed E-state index contributed by atoms with van der Waals surface area (Å²) in [7, 11) is 0. The normalized spacial score (nSPS) is 26.7. The highest BCUT2D eigenvalue weighted by atomic mass is 79.9. The number of likely N-dealkylation sites (tertiary alicyclic amines) is 1. The average Bonchev–Trinajstić information content (AvgIpc) is 3.65. The van der Waals surface area contributed by atoms with Crippen molar-refractivity contribution in [3.8, 4) is 0 Å². The molecule has 10 nitrogen and oxygen atoms in total. The minimum absolute atomic E-state index is 0.0800. The van der Waals surface area contributed by atoms with Gasteiger partial charge in [0, 0.05) is 30.9 Å². The summed E-state index contributed by atoms with van der Waals surface area (Å²) in [5.74, 6) is -3.45. The van der Waals surface area contributed by atoms with Crippen LogP contribution in [0, 0.1) is 11.8 Å². The Labute approximate surface area is 277 Å². The lowest BCUT2D eigenvalue weighted by molar-refractivity contribution is -0.149. The molecule has 0 aromatic heterocycles. The van der Waals surface area contributed by atoms with Crippen molar-refractivity contribution in [2.45, 2.75) is 54.4 Å². The quantitative estimate of drug-likeness (QED) is 0.167. The average molecular weight is 695 g/mol. The van der Waals surface area contributed by atoms with Gasteiger partial charge in [-0.25, -0.2) is 0 Å². The van der Waals surface area contributed by atoms with Crippen LogP contribution < -0.4 is 5.32 Å². The Morgan fingerprint density at radius 2 is 1.83 bits per heavy atom. The number of fused-ring (bicyclic) bond motifs is 1. The largest absolute Gasteiger partial charge is 0.463 e. The standard InChI is InChI=1S/C35H40BrN3O7/c1-3-5-16-27(41)45-22-26(24-14-10-7-11-15-24)37-32(42)28-29-33(43)39(18-19-40)31(35(29)20-25(36)30(28)46-35)34(44)38(17-4-2)21-23-12-8-6-9-13-23/h3-4,6-15,25-26,28-31,40H,1-2,5,16-22H2,(H,37,42)/t25?,26-,28+,29-,30+,31+,35-/m1/s1. The fourth-order valence-electron chi connectivity index (χ4n) is 7.06. The third kappa shape index (κ3) is 6.54. The topological polar surface area (TPSA) is 125 Å². The Hall–Kier alpha value is -3.80. The number of carbonyl (C=O) groups is 4. The third-order valence-corrected chi connectivity index (χ3v) is 9.87. The van der Waals surface area contributed by atoms with Crippen molar-refractivity contribution in [2.24, 2.45) is 11.8 Å². The molecule has 46 heavy (non-hydrogen) atoms. The molecule has 2 aromatic rings. The molecule has 5 rings (SSSR count). The first-order valence-electron chi connectivity index (χ1n) is 15.5. The monoisotopic (exact) mass is 693 g/mol. The van der Waals surface area contributed by atoms with E-state index in [1.54, 1.807) is 17.1 Å². The summed E-state index contributed by atoms with van der Waals surface area (Å²) in [6, 6.07) is 16.9. The Balaban J connectivity index is 1.44. The highest BCUT2D eigenvalue weighted by molar-refractivity contribution is 9.09. The van der Waals surface area contributed by atoms with Crippen LogP contribution in [0.3, 0.4) is 0 Å². The van der Waals surface area contributed by atoms with Gasteiger partial charge in [-0.3, -0.25) is 19.2 Å². The number of carbonyl (C=O) groups excluding carboxylic acids is 4. The summed E-state index contributed by atoms with van der Waals surface area (Å²) >= 11 is 3.69. The van der Waals surface area contributed by atoms with E-state index in [0.29, 0.717) is 19.4 Å². The van der Waals surface area contributed by atoms with Crippen LogP contribution in [0.1, 0.15) is 36.4 Å². The van der Waals surface area contributed by atoms with Crippen molar-refractivity contribution in [1.82, 2.24) is 15.1 Å². The Morgan fingerprint density at radius 3 is 2.48 bits per heavy atom. The number of hydrogen-bond acceptors (Lipinski definition) is 7. The van der Waals surface area contributed by atoms with Crippen LogP contribution in [0.2, 0.25) is 0 Å². The van der Waals surface area contributed by atoms with E-state index in [4.69, 9.17) is 9.47 Å². The molecule has 11 heteroatoms. The number of rotatable bonds is 15. The first-order chi connectivity index (χ1) is 22.2. The molecule has 1 unspecified atom stereocenters. The van der Waals surface area contributed by atoms with E-state index in [2.05, 4.69) is 34.4 Å². The van der Waals surface area contributed by atoms with Gasteiger partial charge < -0.3 is 29.7 Å². The summed E-state index contributed by atoms with van der Waals surface area (Å²) in [5, 5.41) is 13.0. The third-order valence-electron chi connectivity index (χ3n) is 9.03.